The Balaban J connectivity index is 1.05. The van der Waals surface area contributed by atoms with Gasteiger partial charge in [-0.05, 0) is 198 Å². The smallest absolute Gasteiger partial charge is 0.252 e. The molecule has 5 nitrogen and oxygen atoms in total. The minimum absolute atomic E-state index is 0.0987. The molecular formula is C100H86BN5. The third kappa shape index (κ3) is 10.3. The normalized spacial score (nSPS) is 15.9. The maximum absolute atomic E-state index is 11.4. The number of benzene rings is 14. The van der Waals surface area contributed by atoms with Gasteiger partial charge in [-0.1, -0.05) is 271 Å². The molecule has 0 N–H and O–H groups in total. The molecule has 14 aromatic carbocycles. The van der Waals surface area contributed by atoms with Crippen molar-refractivity contribution < 1.29 is 27.4 Å². The molecule has 0 radical (unpaired) electrons. The van der Waals surface area contributed by atoms with Crippen LogP contribution in [0.15, 0.2) is 303 Å². The van der Waals surface area contributed by atoms with Crippen LogP contribution < -0.4 is 26.2 Å². The molecule has 0 saturated heterocycles. The highest BCUT2D eigenvalue weighted by Crippen LogP contribution is 2.53. The van der Waals surface area contributed by atoms with Gasteiger partial charge in [0.15, 0.2) is 0 Å². The fourth-order valence-electron chi connectivity index (χ4n) is 16.1. The van der Waals surface area contributed by atoms with Gasteiger partial charge in [0.2, 0.25) is 0 Å². The first-order valence-corrected chi connectivity index (χ1v) is 36.1. The summed E-state index contributed by atoms with van der Waals surface area (Å²) in [5.41, 5.74) is 11.0. The van der Waals surface area contributed by atoms with Crippen LogP contribution in [0, 0.1) is 0 Å². The van der Waals surface area contributed by atoms with Gasteiger partial charge in [0.25, 0.3) is 6.71 Å². The van der Waals surface area contributed by atoms with Crippen LogP contribution in [0.4, 0.5) is 34.1 Å². The number of anilines is 6. The van der Waals surface area contributed by atoms with E-state index < -0.39 is 138 Å². The number of para-hydroxylation sites is 6. The summed E-state index contributed by atoms with van der Waals surface area (Å²) in [4.78, 5) is 4.09. The van der Waals surface area contributed by atoms with E-state index in [1.54, 1.807) is 12.1 Å². The third-order valence-corrected chi connectivity index (χ3v) is 21.6. The predicted molar refractivity (Wildman–Crippen MR) is 455 cm³/mol. The minimum Gasteiger partial charge on any atom is -0.311 e. The van der Waals surface area contributed by atoms with Crippen LogP contribution in [0.3, 0.4) is 0 Å². The Morgan fingerprint density at radius 2 is 0.632 bits per heavy atom. The fraction of sp³-hybridized carbons (Fsp3) is 0.160. The SMILES string of the molecule is [2H]c1c(-n2c3c([2H])c([2H])c([2H])c([2H])c3c3c([2H])c([2H])c([2H])c([2H])c32)cc2c(c1[2H])B1c3c(cc(-c4ccc5c(c4)c4ccccc4n5-c4ccccc4)cc3N(c3ccc(C(C)(C)C)cc3-c3ccc(C(C)(C)C)cc3)c3cc(-n4c5c([2H])c([2H])c([2H])c([2H])c5c5c([2H])c([2H])c([2H])c([2H])c54)c([2H])c([2H])c31)N2c1ccc(C(C)(C)C)cc1-c1ccc(C(C)(C)C)cc1. The van der Waals surface area contributed by atoms with E-state index in [-0.39, 0.29) is 88.1 Å². The van der Waals surface area contributed by atoms with Crippen molar-refractivity contribution in [1.29, 1.82) is 0 Å². The van der Waals surface area contributed by atoms with Crippen LogP contribution in [-0.2, 0) is 21.7 Å². The third-order valence-electron chi connectivity index (χ3n) is 21.6. The first-order chi connectivity index (χ1) is 59.4. The highest BCUT2D eigenvalue weighted by Gasteiger charge is 2.45. The molecule has 0 spiro atoms. The van der Waals surface area contributed by atoms with Gasteiger partial charge in [0, 0.05) is 83.3 Å². The Kier molecular flexibility index (Phi) is 10.5. The van der Waals surface area contributed by atoms with E-state index in [2.05, 4.69) is 215 Å². The zero-order valence-electron chi connectivity index (χ0n) is 81.1. The first-order valence-electron chi connectivity index (χ1n) is 46.1. The average molecular weight is 1390 g/mol. The average Bonchev–Trinajstić information content (AvgIpc) is 0.986. The molecule has 0 unspecified atom stereocenters. The van der Waals surface area contributed by atoms with Crippen LogP contribution >= 0.6 is 0 Å². The van der Waals surface area contributed by atoms with Crippen LogP contribution in [0.25, 0.3) is 116 Å². The Hall–Kier alpha value is -11.9. The molecule has 2 aliphatic heterocycles. The van der Waals surface area contributed by atoms with Crippen molar-refractivity contribution in [3.63, 3.8) is 0 Å². The van der Waals surface area contributed by atoms with E-state index >= 15 is 0 Å². The van der Waals surface area contributed by atoms with Crippen LogP contribution in [0.2, 0.25) is 0 Å². The Morgan fingerprint density at radius 1 is 0.255 bits per heavy atom. The van der Waals surface area contributed by atoms with Crippen molar-refractivity contribution in [3.8, 4) is 50.4 Å². The summed E-state index contributed by atoms with van der Waals surface area (Å²) in [6.07, 6.45) is 0. The molecule has 0 atom stereocenters. The Labute approximate surface area is 651 Å². The highest BCUT2D eigenvalue weighted by atomic mass is 15.2. The quantitative estimate of drug-likeness (QED) is 0.141. The molecule has 3 aromatic heterocycles. The van der Waals surface area contributed by atoms with E-state index in [4.69, 9.17) is 5.48 Å². The lowest BCUT2D eigenvalue weighted by molar-refractivity contribution is 0.589. The van der Waals surface area contributed by atoms with Crippen molar-refractivity contribution in [3.05, 3.63) is 325 Å². The second-order valence-electron chi connectivity index (χ2n) is 32.3. The summed E-state index contributed by atoms with van der Waals surface area (Å²) < 4.78 is 201. The number of rotatable bonds is 8. The van der Waals surface area contributed by atoms with Gasteiger partial charge < -0.3 is 23.5 Å². The van der Waals surface area contributed by atoms with Gasteiger partial charge in [0.05, 0.1) is 71.9 Å². The lowest BCUT2D eigenvalue weighted by atomic mass is 9.33. The van der Waals surface area contributed by atoms with Crippen molar-refractivity contribution in [2.45, 2.75) is 105 Å². The monoisotopic (exact) mass is 1390 g/mol. The molecule has 514 valence electrons. The molecule has 0 bridgehead atoms. The molecule has 0 fully saturated rings. The largest absolute Gasteiger partial charge is 0.311 e. The number of hydrogen-bond donors (Lipinski definition) is 0. The fourth-order valence-corrected chi connectivity index (χ4v) is 16.1. The van der Waals surface area contributed by atoms with E-state index in [1.807, 2.05) is 52.3 Å². The molecule has 6 heteroatoms. The number of aromatic nitrogens is 3. The molecule has 17 aromatic rings. The van der Waals surface area contributed by atoms with Gasteiger partial charge in [-0.2, -0.15) is 0 Å². The summed E-state index contributed by atoms with van der Waals surface area (Å²) in [5.74, 6) is 0. The van der Waals surface area contributed by atoms with Crippen molar-refractivity contribution in [1.82, 2.24) is 13.7 Å². The summed E-state index contributed by atoms with van der Waals surface area (Å²) in [5, 5.41) is 0.852. The highest BCUT2D eigenvalue weighted by molar-refractivity contribution is 7.00. The van der Waals surface area contributed by atoms with E-state index in [9.17, 15) is 21.9 Å². The molecule has 0 saturated carbocycles. The maximum Gasteiger partial charge on any atom is 0.252 e. The molecule has 2 aliphatic rings. The second-order valence-corrected chi connectivity index (χ2v) is 32.3. The summed E-state index contributed by atoms with van der Waals surface area (Å²) in [6.45, 7) is 24.2. The van der Waals surface area contributed by atoms with Gasteiger partial charge in [-0.3, -0.25) is 0 Å². The van der Waals surface area contributed by atoms with Gasteiger partial charge >= 0.3 is 0 Å². The number of nitrogens with zero attached hydrogens (tertiary/aromatic N) is 5. The van der Waals surface area contributed by atoms with Gasteiger partial charge in [-0.25, -0.2) is 0 Å². The lowest BCUT2D eigenvalue weighted by Crippen LogP contribution is -2.61. The Morgan fingerprint density at radius 3 is 1.07 bits per heavy atom. The summed E-state index contributed by atoms with van der Waals surface area (Å²) in [6, 6.07) is 48.8. The number of fused-ring (bicyclic) bond motifs is 13. The van der Waals surface area contributed by atoms with Crippen molar-refractivity contribution >= 4 is 123 Å². The van der Waals surface area contributed by atoms with E-state index in [0.717, 1.165) is 66.4 Å². The molecular weight excluding hydrogens is 1280 g/mol. The van der Waals surface area contributed by atoms with Crippen molar-refractivity contribution in [2.75, 3.05) is 9.80 Å². The van der Waals surface area contributed by atoms with E-state index in [0.29, 0.717) is 44.9 Å². The van der Waals surface area contributed by atoms with Crippen LogP contribution in [0.1, 0.15) is 133 Å². The molecule has 19 rings (SSSR count). The van der Waals surface area contributed by atoms with Crippen LogP contribution in [0.5, 0.6) is 0 Å². The minimum atomic E-state index is -1.39. The second kappa shape index (κ2) is 23.8. The molecule has 5 heterocycles. The van der Waals surface area contributed by atoms with Crippen molar-refractivity contribution in [2.24, 2.45) is 0 Å². The molecule has 106 heavy (non-hydrogen) atoms. The van der Waals surface area contributed by atoms with E-state index in [1.165, 1.54) is 9.13 Å². The van der Waals surface area contributed by atoms with Crippen LogP contribution in [-0.4, -0.2) is 20.4 Å². The Bertz CT molecular complexity index is 7170. The summed E-state index contributed by atoms with van der Waals surface area (Å²) >= 11 is 0. The predicted octanol–water partition coefficient (Wildman–Crippen LogP) is 25.3. The van der Waals surface area contributed by atoms with Gasteiger partial charge in [-0.15, -0.1) is 0 Å². The maximum atomic E-state index is 11.4. The standard InChI is InChI=1S/C100H86BN5/c1-97(2,3)67-43-38-63(39-44-67)79-59-69(99(7,8)9)47-54-89(79)105-92-61-72(103-84-33-21-16-28-74(84)75-29-17-22-34-85(75)103)49-51-82(92)101-83-52-50-73(104-86-35-23-18-30-76(86)77-31-19-24-36-87(77)104)62-93(83)106(90-55-48-70(100(10,11)12)60-80(90)64-40-45-68(46-41-64)98(4,5)6)95-58-66(57-94(105)96(95)101)65-42-53-91-81(56-65)78-32-20-25-37-88(78)102(91)71-26-14-13-15-27-71/h13-62H,1-12H3/i16D,17D,18D,19D,21D,22D,23D,24D,28D,29D,30D,31D,33D,34D,35D,36D,49D,50D,51D,52D. The topological polar surface area (TPSA) is 21.3 Å². The zero-order valence-corrected chi connectivity index (χ0v) is 61.1. The first kappa shape index (κ1) is 46.8. The zero-order chi connectivity index (χ0) is 89.9. The summed E-state index contributed by atoms with van der Waals surface area (Å²) in [7, 11) is 0. The lowest BCUT2D eigenvalue weighted by Gasteiger charge is -2.45. The molecule has 0 aliphatic carbocycles. The molecule has 0 amide bonds. The number of hydrogen-bond acceptors (Lipinski definition) is 2. The van der Waals surface area contributed by atoms with Gasteiger partial charge in [0.1, 0.15) is 0 Å².